The van der Waals surface area contributed by atoms with Gasteiger partial charge in [0.15, 0.2) is 11.6 Å². The zero-order chi connectivity index (χ0) is 12.3. The third-order valence-corrected chi connectivity index (χ3v) is 3.64. The van der Waals surface area contributed by atoms with E-state index in [-0.39, 0.29) is 6.04 Å². The predicted octanol–water partition coefficient (Wildman–Crippen LogP) is 2.56. The molecule has 1 aromatic rings. The first-order chi connectivity index (χ1) is 8.20. The van der Waals surface area contributed by atoms with Crippen LogP contribution in [0.15, 0.2) is 18.2 Å². The molecule has 1 heterocycles. The highest BCUT2D eigenvalue weighted by Crippen LogP contribution is 2.16. The Hall–Kier alpha value is -0.520. The first-order valence-electron chi connectivity index (χ1n) is 5.52. The molecule has 0 saturated carbocycles. The second kappa shape index (κ2) is 5.89. The van der Waals surface area contributed by atoms with E-state index in [0.29, 0.717) is 19.8 Å². The highest BCUT2D eigenvalue weighted by atomic mass is 79.9. The lowest BCUT2D eigenvalue weighted by atomic mass is 10.1. The lowest BCUT2D eigenvalue weighted by Gasteiger charge is -2.34. The van der Waals surface area contributed by atoms with Gasteiger partial charge in [0.1, 0.15) is 0 Å². The molecule has 0 amide bonds. The zero-order valence-electron chi connectivity index (χ0n) is 9.33. The van der Waals surface area contributed by atoms with Gasteiger partial charge in [0.05, 0.1) is 13.2 Å². The van der Waals surface area contributed by atoms with Crippen molar-refractivity contribution in [3.8, 4) is 0 Å². The van der Waals surface area contributed by atoms with Gasteiger partial charge in [0.25, 0.3) is 0 Å². The molecule has 0 spiro atoms. The summed E-state index contributed by atoms with van der Waals surface area (Å²) in [6.45, 7) is 2.80. The van der Waals surface area contributed by atoms with Crippen LogP contribution in [-0.4, -0.2) is 36.0 Å². The number of benzene rings is 1. The highest BCUT2D eigenvalue weighted by Gasteiger charge is 2.22. The number of morpholine rings is 1. The number of hydrogen-bond donors (Lipinski definition) is 0. The molecule has 0 bridgehead atoms. The summed E-state index contributed by atoms with van der Waals surface area (Å²) in [5.74, 6) is -1.58. The van der Waals surface area contributed by atoms with Gasteiger partial charge in [-0.1, -0.05) is 22.0 Å². The van der Waals surface area contributed by atoms with Crippen LogP contribution in [0.5, 0.6) is 0 Å². The predicted molar refractivity (Wildman–Crippen MR) is 65.2 cm³/mol. The van der Waals surface area contributed by atoms with Crippen LogP contribution in [0.4, 0.5) is 8.78 Å². The van der Waals surface area contributed by atoms with Gasteiger partial charge in [-0.25, -0.2) is 8.78 Å². The number of ether oxygens (including phenoxy) is 1. The van der Waals surface area contributed by atoms with Crippen molar-refractivity contribution in [3.63, 3.8) is 0 Å². The van der Waals surface area contributed by atoms with Gasteiger partial charge in [-0.3, -0.25) is 4.90 Å². The molecule has 1 atom stereocenters. The van der Waals surface area contributed by atoms with Crippen molar-refractivity contribution in [1.29, 1.82) is 0 Å². The molecule has 0 aromatic heterocycles. The Kier molecular flexibility index (Phi) is 4.48. The van der Waals surface area contributed by atoms with E-state index in [1.165, 1.54) is 12.1 Å². The lowest BCUT2D eigenvalue weighted by Crippen LogP contribution is -2.45. The van der Waals surface area contributed by atoms with Crippen LogP contribution in [-0.2, 0) is 11.3 Å². The minimum absolute atomic E-state index is 0.289. The van der Waals surface area contributed by atoms with Gasteiger partial charge >= 0.3 is 0 Å². The average molecular weight is 306 g/mol. The average Bonchev–Trinajstić information content (AvgIpc) is 2.34. The van der Waals surface area contributed by atoms with Crippen LogP contribution in [0.25, 0.3) is 0 Å². The quantitative estimate of drug-likeness (QED) is 0.796. The number of halogens is 3. The van der Waals surface area contributed by atoms with Crippen molar-refractivity contribution >= 4 is 15.9 Å². The highest BCUT2D eigenvalue weighted by molar-refractivity contribution is 9.09. The van der Waals surface area contributed by atoms with Gasteiger partial charge < -0.3 is 4.74 Å². The Morgan fingerprint density at radius 2 is 2.18 bits per heavy atom. The summed E-state index contributed by atoms with van der Waals surface area (Å²) in [6.07, 6.45) is 0. The SMILES string of the molecule is Fc1ccc(CN2CCOCC2CBr)cc1F. The van der Waals surface area contributed by atoms with E-state index in [2.05, 4.69) is 20.8 Å². The van der Waals surface area contributed by atoms with Crippen molar-refractivity contribution in [2.45, 2.75) is 12.6 Å². The third-order valence-electron chi connectivity index (χ3n) is 2.90. The molecule has 94 valence electrons. The minimum atomic E-state index is -0.798. The molecule has 2 rings (SSSR count). The van der Waals surface area contributed by atoms with Gasteiger partial charge in [0, 0.05) is 24.5 Å². The molecule has 2 nitrogen and oxygen atoms in total. The first-order valence-corrected chi connectivity index (χ1v) is 6.64. The van der Waals surface area contributed by atoms with Crippen molar-refractivity contribution in [2.75, 3.05) is 25.1 Å². The largest absolute Gasteiger partial charge is 0.378 e. The van der Waals surface area contributed by atoms with E-state index in [1.807, 2.05) is 0 Å². The van der Waals surface area contributed by atoms with Crippen molar-refractivity contribution in [1.82, 2.24) is 4.90 Å². The molecule has 5 heteroatoms. The van der Waals surface area contributed by atoms with Crippen LogP contribution in [0.1, 0.15) is 5.56 Å². The van der Waals surface area contributed by atoms with E-state index >= 15 is 0 Å². The van der Waals surface area contributed by atoms with Gasteiger partial charge in [-0.15, -0.1) is 0 Å². The fourth-order valence-electron chi connectivity index (χ4n) is 1.91. The molecule has 1 unspecified atom stereocenters. The molecule has 1 aliphatic rings. The summed E-state index contributed by atoms with van der Waals surface area (Å²) in [7, 11) is 0. The fourth-order valence-corrected chi connectivity index (χ4v) is 2.51. The maximum Gasteiger partial charge on any atom is 0.159 e. The standard InChI is InChI=1S/C12H14BrF2NO/c13-6-10-8-17-4-3-16(10)7-9-1-2-11(14)12(15)5-9/h1-2,5,10H,3-4,6-8H2. The topological polar surface area (TPSA) is 12.5 Å². The number of rotatable bonds is 3. The Bertz CT molecular complexity index is 389. The van der Waals surface area contributed by atoms with E-state index < -0.39 is 11.6 Å². The lowest BCUT2D eigenvalue weighted by molar-refractivity contribution is -0.00217. The number of hydrogen-bond acceptors (Lipinski definition) is 2. The summed E-state index contributed by atoms with van der Waals surface area (Å²) in [5, 5.41) is 0.816. The van der Waals surface area contributed by atoms with Crippen LogP contribution in [0.2, 0.25) is 0 Å². The maximum absolute atomic E-state index is 13.1. The van der Waals surface area contributed by atoms with Crippen LogP contribution in [0, 0.1) is 11.6 Å². The molecule has 17 heavy (non-hydrogen) atoms. The molecule has 1 fully saturated rings. The normalized spacial score (nSPS) is 21.7. The van der Waals surface area contributed by atoms with E-state index in [0.717, 1.165) is 17.4 Å². The molecule has 1 aliphatic heterocycles. The second-order valence-corrected chi connectivity index (χ2v) is 4.75. The van der Waals surface area contributed by atoms with Gasteiger partial charge in [-0.05, 0) is 17.7 Å². The molecule has 1 aromatic carbocycles. The van der Waals surface area contributed by atoms with E-state index in [9.17, 15) is 8.78 Å². The molecular formula is C12H14BrF2NO. The molecule has 0 aliphatic carbocycles. The smallest absolute Gasteiger partial charge is 0.159 e. The van der Waals surface area contributed by atoms with E-state index in [4.69, 9.17) is 4.74 Å². The molecular weight excluding hydrogens is 292 g/mol. The Labute approximate surface area is 108 Å². The van der Waals surface area contributed by atoms with E-state index in [1.54, 1.807) is 6.07 Å². The second-order valence-electron chi connectivity index (χ2n) is 4.10. The Morgan fingerprint density at radius 3 is 2.88 bits per heavy atom. The van der Waals surface area contributed by atoms with Gasteiger partial charge in [-0.2, -0.15) is 0 Å². The summed E-state index contributed by atoms with van der Waals surface area (Å²) < 4.78 is 31.3. The summed E-state index contributed by atoms with van der Waals surface area (Å²) in [5.41, 5.74) is 0.789. The minimum Gasteiger partial charge on any atom is -0.378 e. The van der Waals surface area contributed by atoms with Crippen molar-refractivity contribution < 1.29 is 13.5 Å². The molecule has 1 saturated heterocycles. The zero-order valence-corrected chi connectivity index (χ0v) is 10.9. The third kappa shape index (κ3) is 3.24. The van der Waals surface area contributed by atoms with Crippen molar-refractivity contribution in [3.05, 3.63) is 35.4 Å². The first kappa shape index (κ1) is 12.9. The Balaban J connectivity index is 2.05. The summed E-state index contributed by atoms with van der Waals surface area (Å²) in [6, 6.07) is 4.35. The fraction of sp³-hybridized carbons (Fsp3) is 0.500. The van der Waals surface area contributed by atoms with Gasteiger partial charge in [0.2, 0.25) is 0 Å². The Morgan fingerprint density at radius 1 is 1.35 bits per heavy atom. The number of nitrogens with zero attached hydrogens (tertiary/aromatic N) is 1. The van der Waals surface area contributed by atoms with Crippen molar-refractivity contribution in [2.24, 2.45) is 0 Å². The summed E-state index contributed by atoms with van der Waals surface area (Å²) >= 11 is 3.44. The van der Waals surface area contributed by atoms with Crippen LogP contribution in [0.3, 0.4) is 0 Å². The maximum atomic E-state index is 13.1. The van der Waals surface area contributed by atoms with Crippen LogP contribution >= 0.6 is 15.9 Å². The molecule has 0 N–H and O–H groups in total. The summed E-state index contributed by atoms with van der Waals surface area (Å²) in [4.78, 5) is 2.21. The monoisotopic (exact) mass is 305 g/mol. The molecule has 0 radical (unpaired) electrons. The van der Waals surface area contributed by atoms with Crippen LogP contribution < -0.4 is 0 Å². The number of alkyl halides is 1.